The zero-order chi connectivity index (χ0) is 8.27. The van der Waals surface area contributed by atoms with Crippen LogP contribution in [0.1, 0.15) is 11.1 Å². The van der Waals surface area contributed by atoms with E-state index in [-0.39, 0.29) is 0 Å². The Morgan fingerprint density at radius 2 is 2.27 bits per heavy atom. The molecular weight excluding hydrogens is 172 g/mol. The molecule has 0 aliphatic carbocycles. The molecule has 1 aromatic rings. The molecular formula is C9H9ClSi. The molecule has 0 nitrogen and oxygen atoms in total. The van der Waals surface area contributed by atoms with E-state index < -0.39 is 0 Å². The average molecular weight is 181 g/mol. The van der Waals surface area contributed by atoms with Crippen molar-refractivity contribution >= 4 is 31.2 Å². The molecule has 0 N–H and O–H groups in total. The highest BCUT2D eigenvalue weighted by Gasteiger charge is 1.99. The molecule has 0 bridgehead atoms. The summed E-state index contributed by atoms with van der Waals surface area (Å²) in [7, 11) is 0.353. The van der Waals surface area contributed by atoms with Crippen LogP contribution in [-0.4, -0.2) is 8.83 Å². The van der Waals surface area contributed by atoms with E-state index in [9.17, 15) is 0 Å². The third-order valence-corrected chi connectivity index (χ3v) is 3.05. The van der Waals surface area contributed by atoms with Crippen molar-refractivity contribution in [1.29, 1.82) is 0 Å². The van der Waals surface area contributed by atoms with Gasteiger partial charge in [0.15, 0.2) is 0 Å². The first-order chi connectivity index (χ1) is 5.29. The molecule has 56 valence electrons. The van der Waals surface area contributed by atoms with Crippen molar-refractivity contribution in [3.8, 4) is 0 Å². The number of halogens is 1. The van der Waals surface area contributed by atoms with Crippen molar-refractivity contribution in [2.24, 2.45) is 0 Å². The SMILES string of the molecule is C=Cc1cccc([Si]Cl)c1C. The van der Waals surface area contributed by atoms with Crippen LogP contribution in [0.15, 0.2) is 24.8 Å². The van der Waals surface area contributed by atoms with Crippen LogP contribution in [0.2, 0.25) is 0 Å². The fourth-order valence-electron chi connectivity index (χ4n) is 0.977. The highest BCUT2D eigenvalue weighted by molar-refractivity contribution is 7.01. The molecule has 1 aromatic carbocycles. The van der Waals surface area contributed by atoms with Crippen molar-refractivity contribution in [3.63, 3.8) is 0 Å². The molecule has 1 rings (SSSR count). The summed E-state index contributed by atoms with van der Waals surface area (Å²) in [6, 6.07) is 6.10. The van der Waals surface area contributed by atoms with Gasteiger partial charge in [-0.25, -0.2) is 0 Å². The molecule has 0 amide bonds. The van der Waals surface area contributed by atoms with Crippen molar-refractivity contribution in [2.75, 3.05) is 0 Å². The van der Waals surface area contributed by atoms with Crippen LogP contribution in [0.5, 0.6) is 0 Å². The molecule has 0 aliphatic rings. The van der Waals surface area contributed by atoms with E-state index in [1.54, 1.807) is 0 Å². The minimum atomic E-state index is 0.353. The van der Waals surface area contributed by atoms with E-state index in [0.717, 1.165) is 0 Å². The van der Waals surface area contributed by atoms with E-state index in [2.05, 4.69) is 13.5 Å². The summed E-state index contributed by atoms with van der Waals surface area (Å²) in [5, 5.41) is 1.21. The summed E-state index contributed by atoms with van der Waals surface area (Å²) in [6.45, 7) is 5.80. The van der Waals surface area contributed by atoms with Gasteiger partial charge in [0.2, 0.25) is 8.83 Å². The highest BCUT2D eigenvalue weighted by atomic mass is 35.6. The first-order valence-corrected chi connectivity index (χ1v) is 5.39. The minimum absolute atomic E-state index is 0.353. The largest absolute Gasteiger partial charge is 0.210 e. The maximum atomic E-state index is 5.75. The molecule has 0 aliphatic heterocycles. The Morgan fingerprint density at radius 1 is 1.55 bits per heavy atom. The van der Waals surface area contributed by atoms with Crippen LogP contribution < -0.4 is 5.19 Å². The Kier molecular flexibility index (Phi) is 2.91. The van der Waals surface area contributed by atoms with Gasteiger partial charge in [0.05, 0.1) is 0 Å². The van der Waals surface area contributed by atoms with Gasteiger partial charge >= 0.3 is 0 Å². The first-order valence-electron chi connectivity index (χ1n) is 3.38. The maximum Gasteiger partial charge on any atom is 0.210 e. The third-order valence-electron chi connectivity index (χ3n) is 1.70. The van der Waals surface area contributed by atoms with Crippen molar-refractivity contribution in [2.45, 2.75) is 6.92 Å². The molecule has 2 heteroatoms. The lowest BCUT2D eigenvalue weighted by Crippen LogP contribution is -2.13. The monoisotopic (exact) mass is 180 g/mol. The molecule has 0 saturated carbocycles. The molecule has 0 saturated heterocycles. The highest BCUT2D eigenvalue weighted by Crippen LogP contribution is 2.05. The Labute approximate surface area is 74.4 Å². The van der Waals surface area contributed by atoms with E-state index >= 15 is 0 Å². The third kappa shape index (κ3) is 1.73. The summed E-state index contributed by atoms with van der Waals surface area (Å²) < 4.78 is 0. The molecule has 11 heavy (non-hydrogen) atoms. The molecule has 0 aromatic heterocycles. The smallest absolute Gasteiger partial charge is 0.165 e. The average Bonchev–Trinajstić information content (AvgIpc) is 2.05. The van der Waals surface area contributed by atoms with Crippen molar-refractivity contribution in [1.82, 2.24) is 0 Å². The van der Waals surface area contributed by atoms with Gasteiger partial charge in [0, 0.05) is 0 Å². The van der Waals surface area contributed by atoms with Crippen LogP contribution in [0.3, 0.4) is 0 Å². The lowest BCUT2D eigenvalue weighted by molar-refractivity contribution is 1.48. The van der Waals surface area contributed by atoms with Gasteiger partial charge in [-0.05, 0) is 23.2 Å². The zero-order valence-corrected chi connectivity index (χ0v) is 8.15. The summed E-state index contributed by atoms with van der Waals surface area (Å²) >= 11 is 5.75. The van der Waals surface area contributed by atoms with E-state index in [4.69, 9.17) is 11.1 Å². The van der Waals surface area contributed by atoms with Gasteiger partial charge in [-0.2, -0.15) is 11.1 Å². The van der Waals surface area contributed by atoms with Gasteiger partial charge < -0.3 is 0 Å². The summed E-state index contributed by atoms with van der Waals surface area (Å²) in [5.74, 6) is 0. The van der Waals surface area contributed by atoms with Crippen LogP contribution in [0, 0.1) is 6.92 Å². The lowest BCUT2D eigenvalue weighted by Gasteiger charge is -2.03. The zero-order valence-electron chi connectivity index (χ0n) is 6.39. The van der Waals surface area contributed by atoms with Crippen LogP contribution in [0.4, 0.5) is 0 Å². The van der Waals surface area contributed by atoms with E-state index in [1.807, 2.05) is 24.3 Å². The minimum Gasteiger partial charge on any atom is -0.165 e. The molecule has 0 unspecified atom stereocenters. The molecule has 0 fully saturated rings. The Hall–Kier alpha value is -0.533. The fraction of sp³-hybridized carbons (Fsp3) is 0.111. The molecule has 0 atom stereocenters. The second-order valence-electron chi connectivity index (χ2n) is 2.32. The second kappa shape index (κ2) is 3.74. The van der Waals surface area contributed by atoms with Gasteiger partial charge in [-0.15, -0.1) is 0 Å². The number of rotatable bonds is 2. The maximum absolute atomic E-state index is 5.75. The lowest BCUT2D eigenvalue weighted by atomic mass is 10.1. The second-order valence-corrected chi connectivity index (χ2v) is 3.61. The van der Waals surface area contributed by atoms with Crippen LogP contribution in [-0.2, 0) is 0 Å². The molecule has 0 heterocycles. The van der Waals surface area contributed by atoms with Crippen LogP contribution >= 0.6 is 11.1 Å². The van der Waals surface area contributed by atoms with Crippen LogP contribution in [0.25, 0.3) is 6.08 Å². The van der Waals surface area contributed by atoms with Gasteiger partial charge in [-0.3, -0.25) is 0 Å². The van der Waals surface area contributed by atoms with Crippen molar-refractivity contribution in [3.05, 3.63) is 35.9 Å². The number of hydrogen-bond acceptors (Lipinski definition) is 0. The topological polar surface area (TPSA) is 0 Å². The first kappa shape index (κ1) is 8.56. The van der Waals surface area contributed by atoms with Crippen molar-refractivity contribution < 1.29 is 0 Å². The number of benzene rings is 1. The molecule has 0 spiro atoms. The Bertz CT molecular complexity index is 268. The Morgan fingerprint density at radius 3 is 2.82 bits per heavy atom. The summed E-state index contributed by atoms with van der Waals surface area (Å²) in [6.07, 6.45) is 1.86. The van der Waals surface area contributed by atoms with E-state index in [0.29, 0.717) is 8.83 Å². The summed E-state index contributed by atoms with van der Waals surface area (Å²) in [5.41, 5.74) is 2.42. The van der Waals surface area contributed by atoms with E-state index in [1.165, 1.54) is 16.3 Å². The van der Waals surface area contributed by atoms with Gasteiger partial charge in [0.1, 0.15) is 0 Å². The normalized spacial score (nSPS) is 9.64. The predicted octanol–water partition coefficient (Wildman–Crippen LogP) is 2.12. The predicted molar refractivity (Wildman–Crippen MR) is 52.5 cm³/mol. The summed E-state index contributed by atoms with van der Waals surface area (Å²) in [4.78, 5) is 0. The molecule has 2 radical (unpaired) electrons. The Balaban J connectivity index is 3.20. The number of hydrogen-bond donors (Lipinski definition) is 0. The quantitative estimate of drug-likeness (QED) is 0.483. The fourth-order valence-corrected chi connectivity index (χ4v) is 2.04. The van der Waals surface area contributed by atoms with Gasteiger partial charge in [0.25, 0.3) is 0 Å². The standard InChI is InChI=1S/C9H9ClSi/c1-3-8-5-4-6-9(11-10)7(8)2/h3-6H,1H2,2H3. The van der Waals surface area contributed by atoms with Gasteiger partial charge in [-0.1, -0.05) is 30.9 Å².